The molecule has 100 valence electrons. The molecule has 1 rings (SSSR count). The molecular weight excluding hydrogens is 240 g/mol. The highest BCUT2D eigenvalue weighted by Gasteiger charge is 2.29. The number of piperidine rings is 1. The highest BCUT2D eigenvalue weighted by atomic mass is 32.2. The van der Waals surface area contributed by atoms with Crippen LogP contribution in [0.3, 0.4) is 0 Å². The van der Waals surface area contributed by atoms with E-state index in [-0.39, 0.29) is 11.3 Å². The highest BCUT2D eigenvalue weighted by Crippen LogP contribution is 2.19. The topological polar surface area (TPSA) is 70.5 Å². The molecule has 0 spiro atoms. The first-order chi connectivity index (χ1) is 7.59. The first-order valence-electron chi connectivity index (χ1n) is 5.80. The fraction of sp³-hybridized carbons (Fsp3) is 0.909. The molecule has 17 heavy (non-hydrogen) atoms. The highest BCUT2D eigenvalue weighted by molar-refractivity contribution is 7.92. The molecule has 0 aromatic rings. The molecule has 1 fully saturated rings. The van der Waals surface area contributed by atoms with Crippen LogP contribution < -0.4 is 0 Å². The molecule has 0 aromatic carbocycles. The molecule has 0 radical (unpaired) electrons. The lowest BCUT2D eigenvalue weighted by atomic mass is 10.1. The lowest BCUT2D eigenvalue weighted by Gasteiger charge is -2.33. The van der Waals surface area contributed by atoms with E-state index in [9.17, 15) is 9.00 Å². The molecule has 1 amide bonds. The largest absolute Gasteiger partial charge is 0.444 e. The predicted molar refractivity (Wildman–Crippen MR) is 67.6 cm³/mol. The Bertz CT molecular complexity index is 376. The lowest BCUT2D eigenvalue weighted by molar-refractivity contribution is 0.0218. The van der Waals surface area contributed by atoms with E-state index < -0.39 is 15.3 Å². The van der Waals surface area contributed by atoms with Crippen LogP contribution in [-0.4, -0.2) is 45.4 Å². The molecule has 1 N–H and O–H groups in total. The van der Waals surface area contributed by atoms with Crippen molar-refractivity contribution in [1.82, 2.24) is 4.90 Å². The summed E-state index contributed by atoms with van der Waals surface area (Å²) < 4.78 is 24.4. The van der Waals surface area contributed by atoms with E-state index in [2.05, 4.69) is 0 Å². The third kappa shape index (κ3) is 4.53. The van der Waals surface area contributed by atoms with E-state index >= 15 is 0 Å². The van der Waals surface area contributed by atoms with Crippen molar-refractivity contribution in [3.63, 3.8) is 0 Å². The Morgan fingerprint density at radius 2 is 1.82 bits per heavy atom. The zero-order valence-electron chi connectivity index (χ0n) is 11.0. The molecule has 1 aliphatic rings. The minimum atomic E-state index is -2.49. The second kappa shape index (κ2) is 4.84. The Kier molecular flexibility index (Phi) is 4.06. The van der Waals surface area contributed by atoms with Gasteiger partial charge in [0.1, 0.15) is 5.60 Å². The number of hydrogen-bond acceptors (Lipinski definition) is 4. The standard InChI is InChI=1S/C11H22N2O3S/c1-11(2,3)16-10(14)13-7-5-9(6-8-13)17(4,12)15/h9,12H,5-8H2,1-4H3/t17-/m1/s1. The molecule has 1 heterocycles. The van der Waals surface area contributed by atoms with Crippen molar-refractivity contribution in [1.29, 1.82) is 4.78 Å². The summed E-state index contributed by atoms with van der Waals surface area (Å²) in [6.45, 7) is 6.56. The number of nitrogens with zero attached hydrogens (tertiary/aromatic N) is 1. The van der Waals surface area contributed by atoms with Gasteiger partial charge in [-0.3, -0.25) is 4.78 Å². The maximum atomic E-state index is 11.8. The average Bonchev–Trinajstić information content (AvgIpc) is 2.14. The van der Waals surface area contributed by atoms with Crippen molar-refractivity contribution in [3.8, 4) is 0 Å². The summed E-state index contributed by atoms with van der Waals surface area (Å²) >= 11 is 0. The van der Waals surface area contributed by atoms with E-state index in [4.69, 9.17) is 9.52 Å². The maximum absolute atomic E-state index is 11.8. The Morgan fingerprint density at radius 3 is 2.18 bits per heavy atom. The van der Waals surface area contributed by atoms with Gasteiger partial charge in [0.2, 0.25) is 0 Å². The summed E-state index contributed by atoms with van der Waals surface area (Å²) in [5.41, 5.74) is -0.484. The number of ether oxygens (including phenoxy) is 1. The Balaban J connectivity index is 2.50. The van der Waals surface area contributed by atoms with Crippen LogP contribution in [-0.2, 0) is 14.5 Å². The second-order valence-electron chi connectivity index (χ2n) is 5.57. The monoisotopic (exact) mass is 262 g/mol. The van der Waals surface area contributed by atoms with E-state index in [0.717, 1.165) is 0 Å². The zero-order valence-corrected chi connectivity index (χ0v) is 11.8. The van der Waals surface area contributed by atoms with Crippen LogP contribution in [0, 0.1) is 4.78 Å². The van der Waals surface area contributed by atoms with Crippen LogP contribution in [0.4, 0.5) is 4.79 Å². The summed E-state index contributed by atoms with van der Waals surface area (Å²) in [5.74, 6) is 0. The van der Waals surface area contributed by atoms with Gasteiger partial charge < -0.3 is 9.64 Å². The molecule has 1 aliphatic heterocycles. The third-order valence-corrected chi connectivity index (χ3v) is 4.47. The molecule has 1 atom stereocenters. The summed E-state index contributed by atoms with van der Waals surface area (Å²) in [7, 11) is -2.49. The van der Waals surface area contributed by atoms with Crippen LogP contribution in [0.2, 0.25) is 0 Å². The van der Waals surface area contributed by atoms with Crippen molar-refractivity contribution in [2.75, 3.05) is 19.3 Å². The van der Waals surface area contributed by atoms with Gasteiger partial charge in [0.25, 0.3) is 0 Å². The third-order valence-electron chi connectivity index (χ3n) is 2.73. The van der Waals surface area contributed by atoms with Gasteiger partial charge >= 0.3 is 6.09 Å². The quantitative estimate of drug-likeness (QED) is 0.786. The molecule has 5 nitrogen and oxygen atoms in total. The van der Waals surface area contributed by atoms with Crippen molar-refractivity contribution >= 4 is 15.8 Å². The molecular formula is C11H22N2O3S. The number of rotatable bonds is 1. The minimum absolute atomic E-state index is 0.0961. The van der Waals surface area contributed by atoms with Crippen molar-refractivity contribution in [3.05, 3.63) is 0 Å². The average molecular weight is 262 g/mol. The second-order valence-corrected chi connectivity index (χ2v) is 8.05. The Morgan fingerprint density at radius 1 is 1.35 bits per heavy atom. The van der Waals surface area contributed by atoms with Gasteiger partial charge in [0.05, 0.1) is 0 Å². The molecule has 0 aliphatic carbocycles. The Hall–Kier alpha value is -0.780. The first-order valence-corrected chi connectivity index (χ1v) is 7.83. The summed E-state index contributed by atoms with van der Waals surface area (Å²) in [4.78, 5) is 13.4. The summed E-state index contributed by atoms with van der Waals surface area (Å²) in [6, 6.07) is 0. The van der Waals surface area contributed by atoms with E-state index in [1.807, 2.05) is 20.8 Å². The van der Waals surface area contributed by atoms with Gasteiger partial charge in [-0.2, -0.15) is 0 Å². The molecule has 6 heteroatoms. The molecule has 0 bridgehead atoms. The first kappa shape index (κ1) is 14.3. The van der Waals surface area contributed by atoms with E-state index in [1.54, 1.807) is 4.90 Å². The van der Waals surface area contributed by atoms with Gasteiger partial charge in [0.15, 0.2) is 0 Å². The van der Waals surface area contributed by atoms with Gasteiger partial charge in [0, 0.05) is 34.3 Å². The van der Waals surface area contributed by atoms with Crippen molar-refractivity contribution in [2.45, 2.75) is 44.5 Å². The van der Waals surface area contributed by atoms with E-state index in [1.165, 1.54) is 6.26 Å². The van der Waals surface area contributed by atoms with Gasteiger partial charge in [-0.15, -0.1) is 0 Å². The number of carbonyl (C=O) groups is 1. The zero-order chi connectivity index (χ0) is 13.3. The van der Waals surface area contributed by atoms with Gasteiger partial charge in [-0.25, -0.2) is 9.00 Å². The lowest BCUT2D eigenvalue weighted by Crippen LogP contribution is -2.44. The Labute approximate surface area is 103 Å². The van der Waals surface area contributed by atoms with Crippen LogP contribution in [0.5, 0.6) is 0 Å². The van der Waals surface area contributed by atoms with Crippen LogP contribution >= 0.6 is 0 Å². The predicted octanol–water partition coefficient (Wildman–Crippen LogP) is 2.06. The molecule has 0 saturated carbocycles. The van der Waals surface area contributed by atoms with E-state index in [0.29, 0.717) is 25.9 Å². The van der Waals surface area contributed by atoms with Gasteiger partial charge in [-0.1, -0.05) is 0 Å². The number of amides is 1. The molecule has 0 aromatic heterocycles. The normalized spacial score (nSPS) is 22.0. The van der Waals surface area contributed by atoms with Crippen LogP contribution in [0.1, 0.15) is 33.6 Å². The fourth-order valence-corrected chi connectivity index (χ4v) is 2.93. The van der Waals surface area contributed by atoms with Crippen LogP contribution in [0.15, 0.2) is 0 Å². The SMILES string of the molecule is CC(C)(C)OC(=O)N1CCC([S@](C)(=N)=O)CC1. The molecule has 0 unspecified atom stereocenters. The fourth-order valence-electron chi connectivity index (χ4n) is 1.81. The van der Waals surface area contributed by atoms with Crippen molar-refractivity contribution in [2.24, 2.45) is 0 Å². The van der Waals surface area contributed by atoms with Crippen molar-refractivity contribution < 1.29 is 13.7 Å². The number of likely N-dealkylation sites (tertiary alicyclic amines) is 1. The number of nitrogens with one attached hydrogen (secondary N) is 1. The summed E-state index contributed by atoms with van der Waals surface area (Å²) in [5, 5.41) is -0.0961. The summed E-state index contributed by atoms with van der Waals surface area (Å²) in [6.07, 6.45) is 2.40. The molecule has 1 saturated heterocycles. The van der Waals surface area contributed by atoms with Gasteiger partial charge in [-0.05, 0) is 33.6 Å². The number of hydrogen-bond donors (Lipinski definition) is 1. The van der Waals surface area contributed by atoms with Crippen LogP contribution in [0.25, 0.3) is 0 Å². The maximum Gasteiger partial charge on any atom is 0.410 e. The minimum Gasteiger partial charge on any atom is -0.444 e. The number of carbonyl (C=O) groups excluding carboxylic acids is 1. The smallest absolute Gasteiger partial charge is 0.410 e.